The smallest absolute Gasteiger partial charge is 0.191 e. The molecule has 0 bridgehead atoms. The fourth-order valence-electron chi connectivity index (χ4n) is 4.38. The first kappa shape index (κ1) is 19.1. The minimum absolute atomic E-state index is 0.480. The van der Waals surface area contributed by atoms with Crippen molar-refractivity contribution >= 4 is 0 Å². The molecule has 3 aliphatic heterocycles. The van der Waals surface area contributed by atoms with Gasteiger partial charge in [-0.3, -0.25) is 0 Å². The molecule has 0 aromatic carbocycles. The molecule has 2 spiro atoms. The van der Waals surface area contributed by atoms with Crippen LogP contribution in [0.4, 0.5) is 0 Å². The Morgan fingerprint density at radius 1 is 1.24 bits per heavy atom. The maximum Gasteiger partial charge on any atom is 0.191 e. The van der Waals surface area contributed by atoms with Crippen LogP contribution < -0.4 is 0 Å². The van der Waals surface area contributed by atoms with Gasteiger partial charge in [0.15, 0.2) is 11.6 Å². The molecule has 4 atom stereocenters. The standard InChI is InChI=1S/C21H34O4/c1-4-17(5-2)9-10-18(22)19(3)14-15-21(24-19)13-8-12-20(25-21)11-6-7-16-23-20/h4,8,12,18,22H,5-7,9-11,13-16H2,1-3H3/b17-4+/t18-,19+,20+,21-/m0/s1. The van der Waals surface area contributed by atoms with Crippen molar-refractivity contribution in [2.24, 2.45) is 0 Å². The first-order valence-corrected chi connectivity index (χ1v) is 9.99. The molecule has 4 heteroatoms. The highest BCUT2D eigenvalue weighted by molar-refractivity contribution is 5.09. The van der Waals surface area contributed by atoms with Gasteiger partial charge >= 0.3 is 0 Å². The Morgan fingerprint density at radius 3 is 2.76 bits per heavy atom. The Morgan fingerprint density at radius 2 is 2.08 bits per heavy atom. The molecule has 0 aromatic heterocycles. The number of ether oxygens (including phenoxy) is 3. The summed E-state index contributed by atoms with van der Waals surface area (Å²) in [5, 5.41) is 10.8. The lowest BCUT2D eigenvalue weighted by atomic mass is 9.90. The van der Waals surface area contributed by atoms with Crippen molar-refractivity contribution in [1.82, 2.24) is 0 Å². The van der Waals surface area contributed by atoms with Crippen LogP contribution in [0.5, 0.6) is 0 Å². The summed E-state index contributed by atoms with van der Waals surface area (Å²) in [4.78, 5) is 0. The predicted molar refractivity (Wildman–Crippen MR) is 98.1 cm³/mol. The Kier molecular flexibility index (Phi) is 5.74. The highest BCUT2D eigenvalue weighted by atomic mass is 16.8. The zero-order chi connectivity index (χ0) is 18.0. The summed E-state index contributed by atoms with van der Waals surface area (Å²) >= 11 is 0. The van der Waals surface area contributed by atoms with Crippen LogP contribution in [-0.4, -0.2) is 35.0 Å². The summed E-state index contributed by atoms with van der Waals surface area (Å²) in [6.07, 6.45) is 14.0. The number of hydrogen-bond donors (Lipinski definition) is 1. The second-order valence-electron chi connectivity index (χ2n) is 8.01. The van der Waals surface area contributed by atoms with Gasteiger partial charge in [-0.15, -0.1) is 0 Å². The van der Waals surface area contributed by atoms with Gasteiger partial charge in [0.1, 0.15) is 0 Å². The van der Waals surface area contributed by atoms with Gasteiger partial charge in [0.05, 0.1) is 18.3 Å². The van der Waals surface area contributed by atoms with Crippen molar-refractivity contribution in [3.05, 3.63) is 23.8 Å². The van der Waals surface area contributed by atoms with E-state index in [2.05, 4.69) is 32.1 Å². The third-order valence-electron chi connectivity index (χ3n) is 6.15. The topological polar surface area (TPSA) is 47.9 Å². The zero-order valence-electron chi connectivity index (χ0n) is 16.1. The van der Waals surface area contributed by atoms with Crippen molar-refractivity contribution < 1.29 is 19.3 Å². The molecule has 0 unspecified atom stereocenters. The van der Waals surface area contributed by atoms with E-state index in [0.717, 1.165) is 64.4 Å². The Bertz CT molecular complexity index is 520. The van der Waals surface area contributed by atoms with Gasteiger partial charge in [-0.1, -0.05) is 24.6 Å². The minimum atomic E-state index is -0.643. The van der Waals surface area contributed by atoms with Crippen molar-refractivity contribution in [2.75, 3.05) is 6.61 Å². The monoisotopic (exact) mass is 350 g/mol. The Labute approximate surface area is 152 Å². The minimum Gasteiger partial charge on any atom is -0.390 e. The van der Waals surface area contributed by atoms with Gasteiger partial charge < -0.3 is 19.3 Å². The SMILES string of the molecule is C/C=C(\CC)CC[C@H](O)[C@@]1(C)CC[C@@]2(CC=C[C@@]3(CCCCO3)O2)O1. The van der Waals surface area contributed by atoms with E-state index < -0.39 is 23.3 Å². The highest BCUT2D eigenvalue weighted by Gasteiger charge is 2.55. The summed E-state index contributed by atoms with van der Waals surface area (Å²) in [5.74, 6) is -1.26. The molecular formula is C21H34O4. The van der Waals surface area contributed by atoms with Crippen LogP contribution in [0, 0.1) is 0 Å². The molecule has 0 amide bonds. The first-order valence-electron chi connectivity index (χ1n) is 9.99. The number of aliphatic hydroxyl groups is 1. The van der Waals surface area contributed by atoms with E-state index in [9.17, 15) is 5.11 Å². The van der Waals surface area contributed by atoms with Crippen LogP contribution in [0.25, 0.3) is 0 Å². The van der Waals surface area contributed by atoms with Gasteiger partial charge in [-0.2, -0.15) is 0 Å². The number of aliphatic hydroxyl groups excluding tert-OH is 1. The average molecular weight is 350 g/mol. The van der Waals surface area contributed by atoms with Gasteiger partial charge in [0, 0.05) is 19.3 Å². The maximum absolute atomic E-state index is 10.8. The normalized spacial score (nSPS) is 40.1. The Balaban J connectivity index is 1.64. The van der Waals surface area contributed by atoms with Gasteiger partial charge in [-0.25, -0.2) is 0 Å². The van der Waals surface area contributed by atoms with Crippen LogP contribution in [0.1, 0.15) is 78.6 Å². The molecule has 142 valence electrons. The van der Waals surface area contributed by atoms with E-state index >= 15 is 0 Å². The van der Waals surface area contributed by atoms with Gasteiger partial charge in [-0.05, 0) is 58.4 Å². The van der Waals surface area contributed by atoms with Crippen molar-refractivity contribution in [1.29, 1.82) is 0 Å². The van der Waals surface area contributed by atoms with E-state index in [1.54, 1.807) is 0 Å². The quantitative estimate of drug-likeness (QED) is 0.735. The Hall–Kier alpha value is -0.680. The molecule has 1 N–H and O–H groups in total. The second-order valence-corrected chi connectivity index (χ2v) is 8.01. The van der Waals surface area contributed by atoms with Crippen LogP contribution in [0.2, 0.25) is 0 Å². The highest BCUT2D eigenvalue weighted by Crippen LogP contribution is 2.49. The van der Waals surface area contributed by atoms with Crippen molar-refractivity contribution in [3.8, 4) is 0 Å². The molecule has 25 heavy (non-hydrogen) atoms. The van der Waals surface area contributed by atoms with Crippen LogP contribution >= 0.6 is 0 Å². The van der Waals surface area contributed by atoms with Crippen LogP contribution in [-0.2, 0) is 14.2 Å². The number of rotatable bonds is 5. The lowest BCUT2D eigenvalue weighted by Gasteiger charge is -2.45. The summed E-state index contributed by atoms with van der Waals surface area (Å²) in [6, 6.07) is 0. The predicted octanol–water partition coefficient (Wildman–Crippen LogP) is 4.62. The molecule has 0 aromatic rings. The number of allylic oxidation sites excluding steroid dienone is 2. The van der Waals surface area contributed by atoms with E-state index in [1.165, 1.54) is 5.57 Å². The largest absolute Gasteiger partial charge is 0.390 e. The van der Waals surface area contributed by atoms with Crippen LogP contribution in [0.15, 0.2) is 23.8 Å². The molecule has 3 heterocycles. The maximum atomic E-state index is 10.8. The molecular weight excluding hydrogens is 316 g/mol. The van der Waals surface area contributed by atoms with E-state index in [0.29, 0.717) is 0 Å². The van der Waals surface area contributed by atoms with Crippen molar-refractivity contribution in [2.45, 2.75) is 102 Å². The molecule has 4 nitrogen and oxygen atoms in total. The van der Waals surface area contributed by atoms with E-state index in [-0.39, 0.29) is 0 Å². The van der Waals surface area contributed by atoms with E-state index in [4.69, 9.17) is 14.2 Å². The lowest BCUT2D eigenvalue weighted by Crippen LogP contribution is -2.51. The summed E-state index contributed by atoms with van der Waals surface area (Å²) in [5.41, 5.74) is 0.843. The molecule has 2 saturated heterocycles. The molecule has 0 aliphatic carbocycles. The molecule has 3 rings (SSSR count). The fourth-order valence-corrected chi connectivity index (χ4v) is 4.38. The molecule has 0 saturated carbocycles. The fraction of sp³-hybridized carbons (Fsp3) is 0.810. The average Bonchev–Trinajstić information content (AvgIpc) is 2.93. The third kappa shape index (κ3) is 4.02. The van der Waals surface area contributed by atoms with E-state index in [1.807, 2.05) is 6.92 Å². The zero-order valence-corrected chi connectivity index (χ0v) is 16.1. The molecule has 0 radical (unpaired) electrons. The summed E-state index contributed by atoms with van der Waals surface area (Å²) in [6.45, 7) is 7.00. The van der Waals surface area contributed by atoms with Gasteiger partial charge in [0.25, 0.3) is 0 Å². The van der Waals surface area contributed by atoms with Gasteiger partial charge in [0.2, 0.25) is 0 Å². The lowest BCUT2D eigenvalue weighted by molar-refractivity contribution is -0.361. The van der Waals surface area contributed by atoms with Crippen LogP contribution in [0.3, 0.4) is 0 Å². The second kappa shape index (κ2) is 7.51. The number of hydrogen-bond acceptors (Lipinski definition) is 4. The third-order valence-corrected chi connectivity index (χ3v) is 6.15. The molecule has 3 aliphatic rings. The van der Waals surface area contributed by atoms with Crippen molar-refractivity contribution in [3.63, 3.8) is 0 Å². The summed E-state index contributed by atoms with van der Waals surface area (Å²) < 4.78 is 18.8. The first-order chi connectivity index (χ1) is 11.9. The summed E-state index contributed by atoms with van der Waals surface area (Å²) in [7, 11) is 0. The molecule has 2 fully saturated rings.